The zero-order chi connectivity index (χ0) is 30.2. The molecule has 4 N–H and O–H groups in total. The zero-order valence-corrected chi connectivity index (χ0v) is 25.8. The van der Waals surface area contributed by atoms with Crippen LogP contribution in [0.15, 0.2) is 57.9 Å². The summed E-state index contributed by atoms with van der Waals surface area (Å²) >= 11 is 0. The van der Waals surface area contributed by atoms with E-state index in [1.54, 1.807) is 12.3 Å². The number of carbonyl (C=O) groups excluding carboxylic acids is 1. The molecule has 1 fully saturated rings. The molecule has 0 spiro atoms. The smallest absolute Gasteiger partial charge is 0.255 e. The number of hydrogen-bond acceptors (Lipinski definition) is 8. The Morgan fingerprint density at radius 2 is 1.90 bits per heavy atom. The Morgan fingerprint density at radius 1 is 1.20 bits per heavy atom. The van der Waals surface area contributed by atoms with Gasteiger partial charge in [0.2, 0.25) is 0 Å². The highest BCUT2D eigenvalue weighted by atomic mass is 32.2. The van der Waals surface area contributed by atoms with Gasteiger partial charge in [-0.25, -0.2) is 18.4 Å². The van der Waals surface area contributed by atoms with E-state index in [0.29, 0.717) is 36.6 Å². The van der Waals surface area contributed by atoms with Gasteiger partial charge in [-0.15, -0.1) is 0 Å². The number of aliphatic imine (C=N–C) groups is 2. The Labute approximate surface area is 244 Å². The van der Waals surface area contributed by atoms with Crippen LogP contribution in [0.3, 0.4) is 0 Å². The molecule has 2 atom stereocenters. The fourth-order valence-electron chi connectivity index (χ4n) is 4.82. The third-order valence-electron chi connectivity index (χ3n) is 6.94. The highest BCUT2D eigenvalue weighted by Crippen LogP contribution is 2.22. The fraction of sp³-hybridized carbons (Fsp3) is 0.467. The molecule has 1 aliphatic rings. The molecule has 10 nitrogen and oxygen atoms in total. The van der Waals surface area contributed by atoms with Crippen LogP contribution < -0.4 is 16.4 Å². The van der Waals surface area contributed by atoms with Gasteiger partial charge >= 0.3 is 0 Å². The Bertz CT molecular complexity index is 1410. The molecular weight excluding hydrogens is 538 g/mol. The number of hydrogen-bond donors (Lipinski definition) is 3. The molecule has 3 rings (SSSR count). The maximum atomic E-state index is 13.2. The van der Waals surface area contributed by atoms with Crippen LogP contribution >= 0.6 is 0 Å². The average molecular weight is 582 g/mol. The summed E-state index contributed by atoms with van der Waals surface area (Å²) in [7, 11) is -3.20. The Morgan fingerprint density at radius 3 is 2.54 bits per heavy atom. The summed E-state index contributed by atoms with van der Waals surface area (Å²) < 4.78 is 22.9. The predicted molar refractivity (Wildman–Crippen MR) is 168 cm³/mol. The average Bonchev–Trinajstić information content (AvgIpc) is 2.90. The summed E-state index contributed by atoms with van der Waals surface area (Å²) in [6, 6.07) is 8.06. The molecular formula is C30H43N7O3S. The number of nitrogens with two attached hydrogens (primary N) is 1. The van der Waals surface area contributed by atoms with E-state index >= 15 is 0 Å². The number of rotatable bonds is 10. The molecule has 1 aromatic carbocycles. The number of nitrogens with one attached hydrogen (secondary N) is 2. The van der Waals surface area contributed by atoms with Crippen molar-refractivity contribution in [1.82, 2.24) is 15.2 Å². The van der Waals surface area contributed by atoms with Gasteiger partial charge in [0.1, 0.15) is 11.7 Å². The van der Waals surface area contributed by atoms with Crippen LogP contribution in [0.4, 0.5) is 11.4 Å². The van der Waals surface area contributed by atoms with E-state index in [2.05, 4.69) is 45.5 Å². The number of piperidine rings is 1. The first-order chi connectivity index (χ1) is 19.3. The molecule has 1 aromatic heterocycles. The number of carbonyl (C=O) groups is 1. The third-order valence-corrected chi connectivity index (χ3v) is 7.61. The van der Waals surface area contributed by atoms with Crippen molar-refractivity contribution in [3.8, 4) is 0 Å². The van der Waals surface area contributed by atoms with Crippen molar-refractivity contribution in [2.45, 2.75) is 66.0 Å². The van der Waals surface area contributed by atoms with Gasteiger partial charge in [-0.1, -0.05) is 13.0 Å². The Kier molecular flexibility index (Phi) is 11.2. The van der Waals surface area contributed by atoms with Crippen LogP contribution in [0.1, 0.15) is 61.5 Å². The topological polar surface area (TPSA) is 142 Å². The first-order valence-corrected chi connectivity index (χ1v) is 16.0. The minimum atomic E-state index is -3.20. The van der Waals surface area contributed by atoms with Crippen molar-refractivity contribution in [2.75, 3.05) is 30.5 Å². The third kappa shape index (κ3) is 10.1. The molecule has 222 valence electrons. The maximum Gasteiger partial charge on any atom is 0.255 e. The van der Waals surface area contributed by atoms with E-state index < -0.39 is 9.84 Å². The highest BCUT2D eigenvalue weighted by Gasteiger charge is 2.29. The largest absolute Gasteiger partial charge is 0.402 e. The number of likely N-dealkylation sites (tertiary alicyclic amines) is 1. The Hall–Kier alpha value is -3.57. The fourth-order valence-corrected chi connectivity index (χ4v) is 5.25. The molecule has 1 amide bonds. The van der Waals surface area contributed by atoms with Crippen LogP contribution in [0.5, 0.6) is 0 Å². The Balaban J connectivity index is 1.59. The molecule has 2 heterocycles. The number of nitrogens with zero attached hydrogens (tertiary/aromatic N) is 4. The number of amidine groups is 1. The predicted octanol–water partition coefficient (Wildman–Crippen LogP) is 4.14. The van der Waals surface area contributed by atoms with Gasteiger partial charge in [-0.05, 0) is 76.3 Å². The number of aryl methyl sites for hydroxylation is 2. The molecule has 41 heavy (non-hydrogen) atoms. The van der Waals surface area contributed by atoms with Crippen LogP contribution in [0.25, 0.3) is 0 Å². The number of benzene rings is 1. The molecule has 0 unspecified atom stereocenters. The molecule has 1 aliphatic heterocycles. The zero-order valence-electron chi connectivity index (χ0n) is 24.9. The quantitative estimate of drug-likeness (QED) is 0.283. The second-order valence-electron chi connectivity index (χ2n) is 10.8. The minimum absolute atomic E-state index is 0.0122. The minimum Gasteiger partial charge on any atom is -0.402 e. The number of aromatic nitrogens is 1. The maximum absolute atomic E-state index is 13.2. The van der Waals surface area contributed by atoms with Gasteiger partial charge in [0.15, 0.2) is 9.84 Å². The van der Waals surface area contributed by atoms with Gasteiger partial charge in [-0.3, -0.25) is 9.78 Å². The summed E-state index contributed by atoms with van der Waals surface area (Å²) in [5.74, 6) is 0.317. The summed E-state index contributed by atoms with van der Waals surface area (Å²) in [4.78, 5) is 28.4. The van der Waals surface area contributed by atoms with E-state index in [-0.39, 0.29) is 23.9 Å². The van der Waals surface area contributed by atoms with Gasteiger partial charge in [0, 0.05) is 55.1 Å². The van der Waals surface area contributed by atoms with Crippen LogP contribution in [-0.2, 0) is 9.84 Å². The van der Waals surface area contributed by atoms with Gasteiger partial charge < -0.3 is 21.3 Å². The highest BCUT2D eigenvalue weighted by molar-refractivity contribution is 7.90. The number of pyridine rings is 1. The second kappa shape index (κ2) is 14.4. The van der Waals surface area contributed by atoms with Crippen molar-refractivity contribution >= 4 is 39.2 Å². The lowest BCUT2D eigenvalue weighted by atomic mass is 9.97. The molecule has 0 radical (unpaired) electrons. The van der Waals surface area contributed by atoms with Crippen LogP contribution in [0.2, 0.25) is 0 Å². The van der Waals surface area contributed by atoms with Gasteiger partial charge in [-0.2, -0.15) is 0 Å². The summed E-state index contributed by atoms with van der Waals surface area (Å²) in [5.41, 5.74) is 12.2. The lowest BCUT2D eigenvalue weighted by Crippen LogP contribution is -2.50. The van der Waals surface area contributed by atoms with E-state index in [4.69, 9.17) is 5.73 Å². The van der Waals surface area contributed by atoms with Crippen molar-refractivity contribution in [3.05, 3.63) is 64.6 Å². The number of allylic oxidation sites excluding steroid dienone is 1. The van der Waals surface area contributed by atoms with Gasteiger partial charge in [0.25, 0.3) is 5.91 Å². The van der Waals surface area contributed by atoms with Crippen LogP contribution in [0, 0.1) is 13.8 Å². The first-order valence-electron chi connectivity index (χ1n) is 13.9. The molecule has 11 heteroatoms. The lowest BCUT2D eigenvalue weighted by Gasteiger charge is -2.38. The number of amides is 1. The number of sulfone groups is 1. The molecule has 1 saturated heterocycles. The van der Waals surface area contributed by atoms with Crippen molar-refractivity contribution in [1.29, 1.82) is 0 Å². The molecule has 2 aromatic rings. The molecule has 0 saturated carbocycles. The first kappa shape index (κ1) is 32.0. The van der Waals surface area contributed by atoms with Gasteiger partial charge in [0.05, 0.1) is 23.1 Å². The monoisotopic (exact) mass is 581 g/mol. The molecule has 0 aliphatic carbocycles. The summed E-state index contributed by atoms with van der Waals surface area (Å²) in [6.07, 6.45) is 8.26. The number of anilines is 1. The van der Waals surface area contributed by atoms with E-state index in [1.165, 1.54) is 12.4 Å². The van der Waals surface area contributed by atoms with Crippen molar-refractivity contribution < 1.29 is 13.2 Å². The van der Waals surface area contributed by atoms with Crippen LogP contribution in [-0.4, -0.2) is 73.6 Å². The second-order valence-corrected chi connectivity index (χ2v) is 13.0. The lowest BCUT2D eigenvalue weighted by molar-refractivity contribution is 0.0604. The van der Waals surface area contributed by atoms with E-state index in [0.717, 1.165) is 47.2 Å². The van der Waals surface area contributed by atoms with Crippen molar-refractivity contribution in [3.63, 3.8) is 0 Å². The normalized spacial score (nSPS) is 18.9. The van der Waals surface area contributed by atoms with E-state index in [1.807, 2.05) is 37.8 Å². The van der Waals surface area contributed by atoms with Crippen molar-refractivity contribution in [2.24, 2.45) is 15.7 Å². The summed E-state index contributed by atoms with van der Waals surface area (Å²) in [6.45, 7) is 11.2. The van der Waals surface area contributed by atoms with E-state index in [9.17, 15) is 13.2 Å². The SMILES string of the molecule is CC/C(N)=C(/C=NC(C)=Nc1cc(C)cc(C)c1)CN[C@@H]1CCN(C(=O)c2cncc(NCS(C)(=O)=O)c2)[C@H](C)C1. The standard InChI is InChI=1S/C30H43N7O3S/c1-7-29(31)25(16-33-23(5)36-27-11-20(2)10-21(3)12-27)17-34-26-8-9-37(22(4)13-26)30(38)24-14-28(18-32-15-24)35-19-41(6,39)40/h10-12,14-16,18,22,26,34-35H,7-9,13,17,19,31H2,1-6H3/b29-25+,33-16?,36-23?/t22-,26-/m1/s1. The molecule has 0 bridgehead atoms. The summed E-state index contributed by atoms with van der Waals surface area (Å²) in [5, 5.41) is 6.42.